The number of pyridine rings is 1. The average Bonchev–Trinajstić information content (AvgIpc) is 2.25. The van der Waals surface area contributed by atoms with Crippen LogP contribution in [0.5, 0.6) is 0 Å². The molecule has 88 valence electrons. The van der Waals surface area contributed by atoms with Crippen molar-refractivity contribution in [1.29, 1.82) is 0 Å². The SMILES string of the molecule is Cc1ccncc1C(=O)C(CN)CC(C)C. The van der Waals surface area contributed by atoms with Crippen LogP contribution in [0.4, 0.5) is 0 Å². The largest absolute Gasteiger partial charge is 0.330 e. The Labute approximate surface area is 97.1 Å². The maximum absolute atomic E-state index is 12.2. The third kappa shape index (κ3) is 3.14. The third-order valence-electron chi connectivity index (χ3n) is 2.72. The number of ketones is 1. The Balaban J connectivity index is 2.87. The van der Waals surface area contributed by atoms with E-state index in [-0.39, 0.29) is 11.7 Å². The van der Waals surface area contributed by atoms with Crippen LogP contribution in [0.2, 0.25) is 0 Å². The molecule has 0 amide bonds. The van der Waals surface area contributed by atoms with E-state index in [1.54, 1.807) is 12.4 Å². The molecule has 3 nitrogen and oxygen atoms in total. The second-order valence-electron chi connectivity index (χ2n) is 4.62. The van der Waals surface area contributed by atoms with E-state index in [0.29, 0.717) is 18.0 Å². The maximum atomic E-state index is 12.2. The van der Waals surface area contributed by atoms with E-state index in [1.807, 2.05) is 13.0 Å². The van der Waals surface area contributed by atoms with Gasteiger partial charge >= 0.3 is 0 Å². The Bertz CT molecular complexity index is 361. The van der Waals surface area contributed by atoms with Gasteiger partial charge in [0.25, 0.3) is 0 Å². The number of aromatic nitrogens is 1. The van der Waals surface area contributed by atoms with Gasteiger partial charge in [-0.25, -0.2) is 0 Å². The molecule has 2 N–H and O–H groups in total. The zero-order valence-corrected chi connectivity index (χ0v) is 10.2. The van der Waals surface area contributed by atoms with E-state index in [0.717, 1.165) is 12.0 Å². The van der Waals surface area contributed by atoms with Crippen molar-refractivity contribution in [3.05, 3.63) is 29.6 Å². The number of aryl methyl sites for hydroxylation is 1. The van der Waals surface area contributed by atoms with Crippen molar-refractivity contribution < 1.29 is 4.79 Å². The number of carbonyl (C=O) groups is 1. The van der Waals surface area contributed by atoms with Gasteiger partial charge in [0.15, 0.2) is 5.78 Å². The monoisotopic (exact) mass is 220 g/mol. The summed E-state index contributed by atoms with van der Waals surface area (Å²) in [4.78, 5) is 16.2. The summed E-state index contributed by atoms with van der Waals surface area (Å²) >= 11 is 0. The van der Waals surface area contributed by atoms with Crippen molar-refractivity contribution >= 4 is 5.78 Å². The number of Topliss-reactive ketones (excluding diaryl/α,β-unsaturated/α-hetero) is 1. The molecule has 1 aromatic heterocycles. The molecule has 0 aliphatic rings. The van der Waals surface area contributed by atoms with Gasteiger partial charge in [0, 0.05) is 30.4 Å². The fourth-order valence-corrected chi connectivity index (χ4v) is 1.82. The number of carbonyl (C=O) groups excluding carboxylic acids is 1. The molecule has 0 radical (unpaired) electrons. The minimum absolute atomic E-state index is 0.0806. The van der Waals surface area contributed by atoms with Crippen LogP contribution in [0.15, 0.2) is 18.5 Å². The first-order chi connectivity index (χ1) is 7.56. The van der Waals surface area contributed by atoms with Crippen molar-refractivity contribution in [2.45, 2.75) is 27.2 Å². The predicted octanol–water partition coefficient (Wildman–Crippen LogP) is 2.19. The molecule has 0 spiro atoms. The van der Waals surface area contributed by atoms with Gasteiger partial charge in [-0.05, 0) is 30.9 Å². The first-order valence-electron chi connectivity index (χ1n) is 5.71. The molecule has 0 fully saturated rings. The standard InChI is InChI=1S/C13H20N2O/c1-9(2)6-11(7-14)13(16)12-8-15-5-4-10(12)3/h4-5,8-9,11H,6-7,14H2,1-3H3. The quantitative estimate of drug-likeness (QED) is 0.774. The molecule has 16 heavy (non-hydrogen) atoms. The van der Waals surface area contributed by atoms with Gasteiger partial charge in [-0.15, -0.1) is 0 Å². The summed E-state index contributed by atoms with van der Waals surface area (Å²) in [6.07, 6.45) is 4.18. The smallest absolute Gasteiger partial charge is 0.169 e. The highest BCUT2D eigenvalue weighted by atomic mass is 16.1. The molecule has 0 aliphatic carbocycles. The van der Waals surface area contributed by atoms with Crippen LogP contribution in [0.1, 0.15) is 36.2 Å². The van der Waals surface area contributed by atoms with Crippen LogP contribution < -0.4 is 5.73 Å². The molecule has 0 saturated heterocycles. The average molecular weight is 220 g/mol. The van der Waals surface area contributed by atoms with Crippen molar-refractivity contribution in [3.8, 4) is 0 Å². The number of hydrogen-bond donors (Lipinski definition) is 1. The van der Waals surface area contributed by atoms with Crippen molar-refractivity contribution in [2.24, 2.45) is 17.6 Å². The van der Waals surface area contributed by atoms with Crippen molar-refractivity contribution in [2.75, 3.05) is 6.54 Å². The van der Waals surface area contributed by atoms with E-state index in [4.69, 9.17) is 5.73 Å². The Kier molecular flexibility index (Phi) is 4.62. The lowest BCUT2D eigenvalue weighted by atomic mass is 9.89. The van der Waals surface area contributed by atoms with E-state index in [2.05, 4.69) is 18.8 Å². The maximum Gasteiger partial charge on any atom is 0.169 e. The van der Waals surface area contributed by atoms with E-state index >= 15 is 0 Å². The fraction of sp³-hybridized carbons (Fsp3) is 0.538. The summed E-state index contributed by atoms with van der Waals surface area (Å²) in [6, 6.07) is 1.86. The van der Waals surface area contributed by atoms with Gasteiger partial charge < -0.3 is 5.73 Å². The highest BCUT2D eigenvalue weighted by Gasteiger charge is 2.21. The van der Waals surface area contributed by atoms with Crippen molar-refractivity contribution in [1.82, 2.24) is 4.98 Å². The van der Waals surface area contributed by atoms with E-state index < -0.39 is 0 Å². The van der Waals surface area contributed by atoms with E-state index in [1.165, 1.54) is 0 Å². The zero-order chi connectivity index (χ0) is 12.1. The van der Waals surface area contributed by atoms with Gasteiger partial charge in [0.2, 0.25) is 0 Å². The Morgan fingerprint density at radius 2 is 2.19 bits per heavy atom. The molecule has 0 aromatic carbocycles. The van der Waals surface area contributed by atoms with Crippen LogP contribution >= 0.6 is 0 Å². The highest BCUT2D eigenvalue weighted by molar-refractivity contribution is 5.98. The van der Waals surface area contributed by atoms with Gasteiger partial charge in [0.1, 0.15) is 0 Å². The minimum Gasteiger partial charge on any atom is -0.330 e. The molecule has 0 bridgehead atoms. The topological polar surface area (TPSA) is 56.0 Å². The normalized spacial score (nSPS) is 12.8. The van der Waals surface area contributed by atoms with Crippen molar-refractivity contribution in [3.63, 3.8) is 0 Å². The first kappa shape index (κ1) is 12.8. The summed E-state index contributed by atoms with van der Waals surface area (Å²) in [5.41, 5.74) is 7.35. The Morgan fingerprint density at radius 1 is 1.50 bits per heavy atom. The zero-order valence-electron chi connectivity index (χ0n) is 10.2. The molecule has 0 aliphatic heterocycles. The second kappa shape index (κ2) is 5.75. The molecule has 1 atom stereocenters. The van der Waals surface area contributed by atoms with E-state index in [9.17, 15) is 4.79 Å². The molecule has 1 unspecified atom stereocenters. The summed E-state index contributed by atoms with van der Waals surface area (Å²) in [5, 5.41) is 0. The van der Waals surface area contributed by atoms with Gasteiger partial charge in [-0.2, -0.15) is 0 Å². The fourth-order valence-electron chi connectivity index (χ4n) is 1.82. The summed E-state index contributed by atoms with van der Waals surface area (Å²) in [6.45, 7) is 6.54. The molecular weight excluding hydrogens is 200 g/mol. The molecule has 0 saturated carbocycles. The second-order valence-corrected chi connectivity index (χ2v) is 4.62. The molecule has 3 heteroatoms. The predicted molar refractivity (Wildman–Crippen MR) is 65.3 cm³/mol. The first-order valence-corrected chi connectivity index (χ1v) is 5.71. The molecule has 1 rings (SSSR count). The summed E-state index contributed by atoms with van der Waals surface area (Å²) < 4.78 is 0. The lowest BCUT2D eigenvalue weighted by molar-refractivity contribution is 0.0908. The number of rotatable bonds is 5. The van der Waals surface area contributed by atoms with Crippen LogP contribution in [0.3, 0.4) is 0 Å². The third-order valence-corrected chi connectivity index (χ3v) is 2.72. The lowest BCUT2D eigenvalue weighted by Gasteiger charge is -2.16. The summed E-state index contributed by atoms with van der Waals surface area (Å²) in [5.74, 6) is 0.527. The Hall–Kier alpha value is -1.22. The number of nitrogens with two attached hydrogens (primary N) is 1. The number of hydrogen-bond acceptors (Lipinski definition) is 3. The van der Waals surface area contributed by atoms with Crippen LogP contribution in [-0.4, -0.2) is 17.3 Å². The molecule has 1 heterocycles. The van der Waals surface area contributed by atoms with Crippen LogP contribution in [-0.2, 0) is 0 Å². The molecule has 1 aromatic rings. The number of nitrogens with zero attached hydrogens (tertiary/aromatic N) is 1. The van der Waals surface area contributed by atoms with Gasteiger partial charge in [-0.3, -0.25) is 9.78 Å². The van der Waals surface area contributed by atoms with Gasteiger partial charge in [0.05, 0.1) is 0 Å². The lowest BCUT2D eigenvalue weighted by Crippen LogP contribution is -2.26. The minimum atomic E-state index is -0.0806. The van der Waals surface area contributed by atoms with Crippen LogP contribution in [0, 0.1) is 18.8 Å². The molecular formula is C13H20N2O. The van der Waals surface area contributed by atoms with Crippen LogP contribution in [0.25, 0.3) is 0 Å². The van der Waals surface area contributed by atoms with Gasteiger partial charge in [-0.1, -0.05) is 13.8 Å². The highest BCUT2D eigenvalue weighted by Crippen LogP contribution is 2.18. The summed E-state index contributed by atoms with van der Waals surface area (Å²) in [7, 11) is 0. The Morgan fingerprint density at radius 3 is 2.69 bits per heavy atom.